The highest BCUT2D eigenvalue weighted by Gasteiger charge is 2.19. The number of aromatic nitrogens is 4. The van der Waals surface area contributed by atoms with Gasteiger partial charge in [0.1, 0.15) is 12.1 Å². The van der Waals surface area contributed by atoms with Gasteiger partial charge in [0, 0.05) is 38.9 Å². The Morgan fingerprint density at radius 3 is 2.83 bits per heavy atom. The first-order valence-electron chi connectivity index (χ1n) is 7.78. The van der Waals surface area contributed by atoms with Crippen LogP contribution in [0.4, 0.5) is 5.82 Å². The van der Waals surface area contributed by atoms with E-state index in [0.29, 0.717) is 23.5 Å². The van der Waals surface area contributed by atoms with Gasteiger partial charge in [0.25, 0.3) is 0 Å². The van der Waals surface area contributed by atoms with E-state index in [1.54, 1.807) is 18.6 Å². The minimum absolute atomic E-state index is 0.640. The molecule has 24 heavy (non-hydrogen) atoms. The molecule has 0 aliphatic carbocycles. The molecule has 7 nitrogen and oxygen atoms in total. The molecule has 8 heteroatoms. The second-order valence-electron chi connectivity index (χ2n) is 5.62. The molecule has 0 amide bonds. The van der Waals surface area contributed by atoms with E-state index in [1.807, 2.05) is 21.4 Å². The fraction of sp³-hybridized carbons (Fsp3) is 0.375. The van der Waals surface area contributed by atoms with Gasteiger partial charge in [-0.25, -0.2) is 9.67 Å². The summed E-state index contributed by atoms with van der Waals surface area (Å²) in [6, 6.07) is 5.72. The van der Waals surface area contributed by atoms with Gasteiger partial charge in [-0.2, -0.15) is 10.4 Å². The number of rotatable bonds is 5. The predicted molar refractivity (Wildman–Crippen MR) is 94.0 cm³/mol. The Labute approximate surface area is 146 Å². The molecular formula is C16H19N7S. The lowest BCUT2D eigenvalue weighted by Gasteiger charge is -2.35. The lowest BCUT2D eigenvalue weighted by molar-refractivity contribution is 0.194. The third kappa shape index (κ3) is 3.53. The SMILES string of the molecule is C=CCn1cnn(CN2CCN(c3cc(C#N)ccn3)CC2)c1=S. The van der Waals surface area contributed by atoms with Crippen LogP contribution >= 0.6 is 12.2 Å². The van der Waals surface area contributed by atoms with E-state index >= 15 is 0 Å². The second kappa shape index (κ2) is 7.38. The smallest absolute Gasteiger partial charge is 0.199 e. The van der Waals surface area contributed by atoms with Crippen molar-refractivity contribution in [3.63, 3.8) is 0 Å². The molecule has 0 atom stereocenters. The van der Waals surface area contributed by atoms with Gasteiger partial charge in [0.05, 0.1) is 18.3 Å². The second-order valence-corrected chi connectivity index (χ2v) is 5.98. The Bertz CT molecular complexity index is 808. The highest BCUT2D eigenvalue weighted by Crippen LogP contribution is 2.15. The molecule has 0 radical (unpaired) electrons. The number of nitrogens with zero attached hydrogens (tertiary/aromatic N) is 7. The Balaban J connectivity index is 1.60. The maximum atomic E-state index is 9.00. The maximum Gasteiger partial charge on any atom is 0.199 e. The van der Waals surface area contributed by atoms with Gasteiger partial charge in [-0.05, 0) is 24.4 Å². The summed E-state index contributed by atoms with van der Waals surface area (Å²) in [6.45, 7) is 8.60. The first-order valence-corrected chi connectivity index (χ1v) is 8.18. The molecule has 1 aliphatic rings. The van der Waals surface area contributed by atoms with Crippen LogP contribution < -0.4 is 4.90 Å². The molecule has 2 aromatic heterocycles. The number of hydrogen-bond donors (Lipinski definition) is 0. The van der Waals surface area contributed by atoms with E-state index in [2.05, 4.69) is 32.5 Å². The molecule has 124 valence electrons. The molecule has 0 unspecified atom stereocenters. The monoisotopic (exact) mass is 341 g/mol. The molecule has 0 spiro atoms. The van der Waals surface area contributed by atoms with E-state index < -0.39 is 0 Å². The molecule has 0 aromatic carbocycles. The summed E-state index contributed by atoms with van der Waals surface area (Å²) < 4.78 is 4.44. The van der Waals surface area contributed by atoms with Gasteiger partial charge in [0.2, 0.25) is 0 Å². The lowest BCUT2D eigenvalue weighted by atomic mass is 10.2. The normalized spacial score (nSPS) is 15.2. The highest BCUT2D eigenvalue weighted by atomic mass is 32.1. The van der Waals surface area contributed by atoms with Crippen molar-refractivity contribution >= 4 is 18.0 Å². The zero-order valence-electron chi connectivity index (χ0n) is 13.4. The molecular weight excluding hydrogens is 322 g/mol. The average Bonchev–Trinajstić information content (AvgIpc) is 2.96. The third-order valence-corrected chi connectivity index (χ3v) is 4.47. The van der Waals surface area contributed by atoms with Crippen LogP contribution in [-0.2, 0) is 13.2 Å². The third-order valence-electron chi connectivity index (χ3n) is 4.03. The van der Waals surface area contributed by atoms with Gasteiger partial charge in [-0.1, -0.05) is 6.08 Å². The molecule has 0 saturated carbocycles. The Morgan fingerprint density at radius 2 is 2.12 bits per heavy atom. The fourth-order valence-corrected chi connectivity index (χ4v) is 2.93. The van der Waals surface area contributed by atoms with E-state index in [-0.39, 0.29) is 0 Å². The Hall–Kier alpha value is -2.50. The average molecular weight is 341 g/mol. The van der Waals surface area contributed by atoms with Crippen molar-refractivity contribution in [3.05, 3.63) is 47.6 Å². The van der Waals surface area contributed by atoms with Crippen LogP contribution in [0.15, 0.2) is 37.3 Å². The van der Waals surface area contributed by atoms with Crippen LogP contribution in [0, 0.1) is 16.1 Å². The maximum absolute atomic E-state index is 9.00. The lowest BCUT2D eigenvalue weighted by Crippen LogP contribution is -2.47. The minimum atomic E-state index is 0.640. The predicted octanol–water partition coefficient (Wildman–Crippen LogP) is 1.65. The van der Waals surface area contributed by atoms with Gasteiger partial charge in [-0.15, -0.1) is 6.58 Å². The number of pyridine rings is 1. The summed E-state index contributed by atoms with van der Waals surface area (Å²) in [6.07, 6.45) is 5.24. The van der Waals surface area contributed by atoms with Crippen LogP contribution in [-0.4, -0.2) is 50.4 Å². The van der Waals surface area contributed by atoms with E-state index in [9.17, 15) is 0 Å². The van der Waals surface area contributed by atoms with Crippen LogP contribution in [0.25, 0.3) is 0 Å². The van der Waals surface area contributed by atoms with Crippen LogP contribution in [0.3, 0.4) is 0 Å². The van der Waals surface area contributed by atoms with E-state index in [1.165, 1.54) is 0 Å². The zero-order chi connectivity index (χ0) is 16.9. The van der Waals surface area contributed by atoms with Crippen molar-refractivity contribution in [2.75, 3.05) is 31.1 Å². The number of allylic oxidation sites excluding steroid dienone is 1. The standard InChI is InChI=1S/C16H19N7S/c1-2-5-22-12-19-23(16(22)24)13-20-6-8-21(9-7-20)15-10-14(11-17)3-4-18-15/h2-4,10,12H,1,5-9,13H2. The number of nitriles is 1. The van der Waals surface area contributed by atoms with Gasteiger partial charge in [-0.3, -0.25) is 4.90 Å². The van der Waals surface area contributed by atoms with Crippen LogP contribution in [0.5, 0.6) is 0 Å². The molecule has 3 rings (SSSR count). The topological polar surface area (TPSA) is 65.9 Å². The van der Waals surface area contributed by atoms with Gasteiger partial charge >= 0.3 is 0 Å². The van der Waals surface area contributed by atoms with Crippen molar-refractivity contribution in [2.24, 2.45) is 0 Å². The molecule has 3 heterocycles. The van der Waals surface area contributed by atoms with Crippen molar-refractivity contribution in [1.82, 2.24) is 24.2 Å². The van der Waals surface area contributed by atoms with Crippen molar-refractivity contribution in [1.29, 1.82) is 5.26 Å². The van der Waals surface area contributed by atoms with E-state index in [4.69, 9.17) is 17.5 Å². The molecule has 2 aromatic rings. The summed E-state index contributed by atoms with van der Waals surface area (Å²) in [4.78, 5) is 8.88. The summed E-state index contributed by atoms with van der Waals surface area (Å²) in [5, 5.41) is 13.4. The summed E-state index contributed by atoms with van der Waals surface area (Å²) in [5.74, 6) is 0.862. The molecule has 1 aliphatic heterocycles. The summed E-state index contributed by atoms with van der Waals surface area (Å²) in [5.41, 5.74) is 0.640. The first-order chi connectivity index (χ1) is 11.7. The minimum Gasteiger partial charge on any atom is -0.354 e. The Morgan fingerprint density at radius 1 is 1.33 bits per heavy atom. The molecule has 1 saturated heterocycles. The van der Waals surface area contributed by atoms with E-state index in [0.717, 1.165) is 32.0 Å². The summed E-state index contributed by atoms with van der Waals surface area (Å²) >= 11 is 5.42. The van der Waals surface area contributed by atoms with Crippen LogP contribution in [0.1, 0.15) is 5.56 Å². The molecule has 1 fully saturated rings. The summed E-state index contributed by atoms with van der Waals surface area (Å²) in [7, 11) is 0. The van der Waals surface area contributed by atoms with Crippen molar-refractivity contribution in [2.45, 2.75) is 13.2 Å². The zero-order valence-corrected chi connectivity index (χ0v) is 14.2. The number of hydrogen-bond acceptors (Lipinski definition) is 6. The van der Waals surface area contributed by atoms with Gasteiger partial charge in [0.15, 0.2) is 4.77 Å². The number of anilines is 1. The first kappa shape index (κ1) is 16.4. The fourth-order valence-electron chi connectivity index (χ4n) is 2.70. The largest absolute Gasteiger partial charge is 0.354 e. The van der Waals surface area contributed by atoms with Crippen molar-refractivity contribution in [3.8, 4) is 6.07 Å². The number of piperazine rings is 1. The highest BCUT2D eigenvalue weighted by molar-refractivity contribution is 7.71. The molecule has 0 bridgehead atoms. The quantitative estimate of drug-likeness (QED) is 0.608. The Kier molecular flexibility index (Phi) is 5.03. The van der Waals surface area contributed by atoms with Crippen LogP contribution in [0.2, 0.25) is 0 Å². The molecule has 0 N–H and O–H groups in total. The van der Waals surface area contributed by atoms with Crippen molar-refractivity contribution < 1.29 is 0 Å². The van der Waals surface area contributed by atoms with Gasteiger partial charge < -0.3 is 9.47 Å².